The van der Waals surface area contributed by atoms with Gasteiger partial charge in [-0.15, -0.1) is 0 Å². The van der Waals surface area contributed by atoms with Gasteiger partial charge in [0.1, 0.15) is 0 Å². The van der Waals surface area contributed by atoms with Gasteiger partial charge >= 0.3 is 0 Å². The van der Waals surface area contributed by atoms with Gasteiger partial charge in [-0.1, -0.05) is 19.3 Å². The first-order valence-corrected chi connectivity index (χ1v) is 8.98. The number of rotatable bonds is 4. The Hall–Kier alpha value is -1.10. The second kappa shape index (κ2) is 6.99. The average Bonchev–Trinajstić information content (AvgIpc) is 2.95. The van der Waals surface area contributed by atoms with Gasteiger partial charge in [-0.2, -0.15) is 0 Å². The average molecular weight is 307 g/mol. The smallest absolute Gasteiger partial charge is 0.239 e. The van der Waals surface area contributed by atoms with E-state index in [1.165, 1.54) is 19.3 Å². The monoisotopic (exact) mass is 307 g/mol. The zero-order valence-electron chi connectivity index (χ0n) is 13.7. The van der Waals surface area contributed by atoms with Crippen LogP contribution in [0.15, 0.2) is 0 Å². The summed E-state index contributed by atoms with van der Waals surface area (Å²) in [7, 11) is 1.72. The second-order valence-corrected chi connectivity index (χ2v) is 7.03. The summed E-state index contributed by atoms with van der Waals surface area (Å²) in [5.74, 6) is 0.780. The van der Waals surface area contributed by atoms with Crippen LogP contribution in [0.3, 0.4) is 0 Å². The van der Waals surface area contributed by atoms with Crippen molar-refractivity contribution >= 4 is 11.8 Å². The van der Waals surface area contributed by atoms with Crippen molar-refractivity contribution in [1.29, 1.82) is 0 Å². The van der Waals surface area contributed by atoms with E-state index in [0.29, 0.717) is 5.92 Å². The molecule has 0 unspecified atom stereocenters. The van der Waals surface area contributed by atoms with E-state index in [1.54, 1.807) is 7.05 Å². The summed E-state index contributed by atoms with van der Waals surface area (Å²) >= 11 is 0. The quantitative estimate of drug-likeness (QED) is 0.854. The summed E-state index contributed by atoms with van der Waals surface area (Å²) in [6.45, 7) is 2.69. The Morgan fingerprint density at radius 2 is 1.68 bits per heavy atom. The zero-order valence-corrected chi connectivity index (χ0v) is 13.7. The van der Waals surface area contributed by atoms with Gasteiger partial charge in [-0.25, -0.2) is 0 Å². The van der Waals surface area contributed by atoms with E-state index >= 15 is 0 Å². The molecule has 1 aliphatic carbocycles. The predicted octanol–water partition coefficient (Wildman–Crippen LogP) is 1.38. The number of carbonyl (C=O) groups excluding carboxylic acids is 2. The molecule has 1 N–H and O–H groups in total. The van der Waals surface area contributed by atoms with Crippen LogP contribution in [0.4, 0.5) is 0 Å². The Bertz CT molecular complexity index is 416. The van der Waals surface area contributed by atoms with Crippen LogP contribution in [-0.4, -0.2) is 60.4 Å². The van der Waals surface area contributed by atoms with Crippen molar-refractivity contribution in [3.05, 3.63) is 0 Å². The first kappa shape index (κ1) is 15.8. The molecule has 0 aromatic carbocycles. The highest BCUT2D eigenvalue weighted by Crippen LogP contribution is 2.33. The van der Waals surface area contributed by atoms with Gasteiger partial charge < -0.3 is 10.2 Å². The number of nitrogens with one attached hydrogen (secondary N) is 1. The van der Waals surface area contributed by atoms with Crippen LogP contribution in [0.25, 0.3) is 0 Å². The van der Waals surface area contributed by atoms with Gasteiger partial charge in [0.2, 0.25) is 11.8 Å². The van der Waals surface area contributed by atoms with E-state index in [0.717, 1.165) is 51.7 Å². The summed E-state index contributed by atoms with van der Waals surface area (Å²) in [6.07, 6.45) is 9.04. The standard InChI is InChI=1S/C17H29N3O2/c1-18-16(21)15(13-7-3-2-4-8-13)20-12-5-9-14(20)17(22)19-10-6-11-19/h13-15H,2-12H2,1H3,(H,18,21)/t14-,15+/m0/s1. The summed E-state index contributed by atoms with van der Waals surface area (Å²) in [6, 6.07) is -0.174. The van der Waals surface area contributed by atoms with Gasteiger partial charge in [0.05, 0.1) is 12.1 Å². The molecule has 0 aromatic heterocycles. The fraction of sp³-hybridized carbons (Fsp3) is 0.882. The molecule has 3 fully saturated rings. The summed E-state index contributed by atoms with van der Waals surface area (Å²) in [5, 5.41) is 2.85. The maximum atomic E-state index is 12.7. The molecule has 2 heterocycles. The Morgan fingerprint density at radius 1 is 0.955 bits per heavy atom. The Kier molecular flexibility index (Phi) is 5.01. The topological polar surface area (TPSA) is 52.7 Å². The van der Waals surface area contributed by atoms with Crippen molar-refractivity contribution in [3.63, 3.8) is 0 Å². The van der Waals surface area contributed by atoms with Crippen LogP contribution in [-0.2, 0) is 9.59 Å². The fourth-order valence-corrected chi connectivity index (χ4v) is 4.37. The number of hydrogen-bond donors (Lipinski definition) is 1. The molecule has 3 aliphatic rings. The molecule has 2 atom stereocenters. The molecule has 0 aromatic rings. The lowest BCUT2D eigenvalue weighted by Gasteiger charge is -2.41. The van der Waals surface area contributed by atoms with Crippen molar-refractivity contribution in [2.45, 2.75) is 63.5 Å². The molecule has 0 radical (unpaired) electrons. The first-order chi connectivity index (χ1) is 10.7. The fourth-order valence-electron chi connectivity index (χ4n) is 4.37. The number of nitrogens with zero attached hydrogens (tertiary/aromatic N) is 2. The highest BCUT2D eigenvalue weighted by Gasteiger charge is 2.43. The van der Waals surface area contributed by atoms with Gasteiger partial charge in [-0.05, 0) is 44.6 Å². The third-order valence-electron chi connectivity index (χ3n) is 5.72. The largest absolute Gasteiger partial charge is 0.358 e. The number of likely N-dealkylation sites (N-methyl/N-ethyl adjacent to an activating group) is 1. The third kappa shape index (κ3) is 3.00. The van der Waals surface area contributed by atoms with Crippen LogP contribution >= 0.6 is 0 Å². The maximum Gasteiger partial charge on any atom is 0.239 e. The molecule has 1 saturated carbocycles. The van der Waals surface area contributed by atoms with E-state index < -0.39 is 0 Å². The molecule has 2 aliphatic heterocycles. The maximum absolute atomic E-state index is 12.7. The molecule has 22 heavy (non-hydrogen) atoms. The van der Waals surface area contributed by atoms with Gasteiger partial charge in [0.25, 0.3) is 0 Å². The Labute approximate surface area is 133 Å². The summed E-state index contributed by atoms with van der Waals surface area (Å²) in [5.41, 5.74) is 0. The highest BCUT2D eigenvalue weighted by molar-refractivity contribution is 5.86. The van der Waals surface area contributed by atoms with E-state index in [1.807, 2.05) is 4.90 Å². The minimum atomic E-state index is -0.108. The predicted molar refractivity (Wildman–Crippen MR) is 85.4 cm³/mol. The minimum Gasteiger partial charge on any atom is -0.358 e. The minimum absolute atomic E-state index is 0.0653. The lowest BCUT2D eigenvalue weighted by molar-refractivity contribution is -0.142. The molecule has 3 rings (SSSR count). The van der Waals surface area contributed by atoms with Crippen molar-refractivity contribution in [2.75, 3.05) is 26.7 Å². The first-order valence-electron chi connectivity index (χ1n) is 8.98. The van der Waals surface area contributed by atoms with Crippen LogP contribution < -0.4 is 5.32 Å². The number of amides is 2. The molecule has 0 spiro atoms. The van der Waals surface area contributed by atoms with E-state index in [9.17, 15) is 9.59 Å². The third-order valence-corrected chi connectivity index (χ3v) is 5.72. The Morgan fingerprint density at radius 3 is 2.27 bits per heavy atom. The van der Waals surface area contributed by atoms with Crippen molar-refractivity contribution < 1.29 is 9.59 Å². The van der Waals surface area contributed by atoms with E-state index in [2.05, 4.69) is 10.2 Å². The van der Waals surface area contributed by atoms with Crippen LogP contribution in [0, 0.1) is 5.92 Å². The van der Waals surface area contributed by atoms with E-state index in [4.69, 9.17) is 0 Å². The number of hydrogen-bond acceptors (Lipinski definition) is 3. The molecule has 5 nitrogen and oxygen atoms in total. The molecule has 5 heteroatoms. The van der Waals surface area contributed by atoms with Crippen LogP contribution in [0.1, 0.15) is 51.4 Å². The number of carbonyl (C=O) groups is 2. The van der Waals surface area contributed by atoms with Crippen LogP contribution in [0.5, 0.6) is 0 Å². The highest BCUT2D eigenvalue weighted by atomic mass is 16.2. The van der Waals surface area contributed by atoms with Gasteiger partial charge in [0, 0.05) is 20.1 Å². The SMILES string of the molecule is CNC(=O)[C@@H](C1CCCCC1)N1CCC[C@H]1C(=O)N1CCC1. The lowest BCUT2D eigenvalue weighted by atomic mass is 9.82. The summed E-state index contributed by atoms with van der Waals surface area (Å²) < 4.78 is 0. The van der Waals surface area contributed by atoms with Gasteiger partial charge in [0.15, 0.2) is 0 Å². The van der Waals surface area contributed by atoms with Crippen molar-refractivity contribution in [3.8, 4) is 0 Å². The second-order valence-electron chi connectivity index (χ2n) is 7.03. The zero-order chi connectivity index (χ0) is 15.5. The molecule has 2 saturated heterocycles. The molecular weight excluding hydrogens is 278 g/mol. The van der Waals surface area contributed by atoms with Gasteiger partial charge in [-0.3, -0.25) is 14.5 Å². The number of likely N-dealkylation sites (tertiary alicyclic amines) is 2. The molecule has 0 bridgehead atoms. The molecular formula is C17H29N3O2. The summed E-state index contributed by atoms with van der Waals surface area (Å²) in [4.78, 5) is 29.4. The van der Waals surface area contributed by atoms with Crippen molar-refractivity contribution in [1.82, 2.24) is 15.1 Å². The molecule has 124 valence electrons. The van der Waals surface area contributed by atoms with E-state index in [-0.39, 0.29) is 23.9 Å². The van der Waals surface area contributed by atoms with Crippen LogP contribution in [0.2, 0.25) is 0 Å². The Balaban J connectivity index is 1.75. The normalized spacial score (nSPS) is 28.2. The lowest BCUT2D eigenvalue weighted by Crippen LogP contribution is -2.58. The van der Waals surface area contributed by atoms with Crippen molar-refractivity contribution in [2.24, 2.45) is 5.92 Å². The molecule has 2 amide bonds.